The number of nitrogens with zero attached hydrogens (tertiary/aromatic N) is 4. The Hall–Kier alpha value is -2.35. The molecule has 3 heterocycles. The normalized spacial score (nSPS) is 15.2. The highest BCUT2D eigenvalue weighted by atomic mass is 32.1. The van der Waals surface area contributed by atoms with Gasteiger partial charge in [0, 0.05) is 25.5 Å². The molecule has 1 aliphatic heterocycles. The molecule has 0 saturated carbocycles. The molecule has 1 aliphatic rings. The molecule has 0 bridgehead atoms. The second-order valence-electron chi connectivity index (χ2n) is 5.82. The fraction of sp³-hybridized carbons (Fsp3) is 0.471. The molecule has 3 rings (SSSR count). The van der Waals surface area contributed by atoms with Crippen LogP contribution in [0.5, 0.6) is 0 Å². The van der Waals surface area contributed by atoms with E-state index in [0.29, 0.717) is 53.9 Å². The molecule has 0 atom stereocenters. The molecular formula is C17H20N4O3S. The van der Waals surface area contributed by atoms with E-state index in [1.54, 1.807) is 30.3 Å². The monoisotopic (exact) mass is 360 g/mol. The first-order valence-electron chi connectivity index (χ1n) is 8.31. The van der Waals surface area contributed by atoms with Gasteiger partial charge >= 0.3 is 5.97 Å². The number of aryl methyl sites for hydroxylation is 1. The summed E-state index contributed by atoms with van der Waals surface area (Å²) < 4.78 is 5.07. The van der Waals surface area contributed by atoms with Crippen molar-refractivity contribution in [3.8, 4) is 10.8 Å². The van der Waals surface area contributed by atoms with Crippen molar-refractivity contribution in [3.63, 3.8) is 0 Å². The summed E-state index contributed by atoms with van der Waals surface area (Å²) >= 11 is 1.31. The molecule has 0 aromatic carbocycles. The van der Waals surface area contributed by atoms with Crippen LogP contribution in [0.25, 0.3) is 10.8 Å². The molecule has 0 N–H and O–H groups in total. The van der Waals surface area contributed by atoms with Gasteiger partial charge in [0.25, 0.3) is 5.91 Å². The Bertz CT molecular complexity index is 755. The molecule has 132 valence electrons. The van der Waals surface area contributed by atoms with Crippen molar-refractivity contribution in [1.29, 1.82) is 0 Å². The Kier molecular flexibility index (Phi) is 5.37. The minimum atomic E-state index is -0.160. The highest BCUT2D eigenvalue weighted by molar-refractivity contribution is 7.17. The summed E-state index contributed by atoms with van der Waals surface area (Å²) in [5, 5.41) is 0.642. The van der Waals surface area contributed by atoms with Crippen LogP contribution in [0.2, 0.25) is 0 Å². The van der Waals surface area contributed by atoms with Crippen molar-refractivity contribution >= 4 is 23.2 Å². The quantitative estimate of drug-likeness (QED) is 0.778. The lowest BCUT2D eigenvalue weighted by Gasteiger charge is -2.30. The zero-order valence-electron chi connectivity index (χ0n) is 14.3. The first-order chi connectivity index (χ1) is 12.1. The summed E-state index contributed by atoms with van der Waals surface area (Å²) in [4.78, 5) is 39.8. The number of hydrogen-bond donors (Lipinski definition) is 0. The molecule has 1 saturated heterocycles. The first-order valence-corrected chi connectivity index (χ1v) is 9.12. The minimum absolute atomic E-state index is 0.0421. The number of carbonyl (C=O) groups excluding carboxylic acids is 2. The van der Waals surface area contributed by atoms with Gasteiger partial charge in [0.05, 0.1) is 18.2 Å². The largest absolute Gasteiger partial charge is 0.466 e. The fourth-order valence-electron chi connectivity index (χ4n) is 2.82. The standard InChI is InChI=1S/C17H20N4O3S/c1-3-24-17(23)12-5-9-21(10-6-12)16(22)13-11(2)20-15(25-13)14-18-7-4-8-19-14/h4,7-8,12H,3,5-6,9-10H2,1-2H3. The van der Waals surface area contributed by atoms with E-state index in [9.17, 15) is 9.59 Å². The average Bonchev–Trinajstić information content (AvgIpc) is 3.04. The lowest BCUT2D eigenvalue weighted by atomic mass is 9.97. The van der Waals surface area contributed by atoms with Crippen LogP contribution in [-0.4, -0.2) is 51.4 Å². The Morgan fingerprint density at radius 1 is 1.28 bits per heavy atom. The molecule has 25 heavy (non-hydrogen) atoms. The van der Waals surface area contributed by atoms with Gasteiger partial charge in [-0.25, -0.2) is 15.0 Å². The summed E-state index contributed by atoms with van der Waals surface area (Å²) in [6.07, 6.45) is 4.58. The van der Waals surface area contributed by atoms with Crippen molar-refractivity contribution in [2.75, 3.05) is 19.7 Å². The van der Waals surface area contributed by atoms with Crippen LogP contribution in [0.4, 0.5) is 0 Å². The highest BCUT2D eigenvalue weighted by Gasteiger charge is 2.30. The fourth-order valence-corrected chi connectivity index (χ4v) is 3.80. The van der Waals surface area contributed by atoms with E-state index in [4.69, 9.17) is 4.74 Å². The number of hydrogen-bond acceptors (Lipinski definition) is 7. The third-order valence-corrected chi connectivity index (χ3v) is 5.29. The third-order valence-electron chi connectivity index (χ3n) is 4.15. The zero-order chi connectivity index (χ0) is 17.8. The number of ether oxygens (including phenoxy) is 1. The van der Waals surface area contributed by atoms with Crippen molar-refractivity contribution in [2.45, 2.75) is 26.7 Å². The lowest BCUT2D eigenvalue weighted by molar-refractivity contribution is -0.149. The van der Waals surface area contributed by atoms with Crippen LogP contribution < -0.4 is 0 Å². The third kappa shape index (κ3) is 3.84. The summed E-state index contributed by atoms with van der Waals surface area (Å²) in [6, 6.07) is 1.74. The smallest absolute Gasteiger partial charge is 0.309 e. The molecule has 0 spiro atoms. The van der Waals surface area contributed by atoms with Gasteiger partial charge in [-0.1, -0.05) is 0 Å². The molecule has 8 heteroatoms. The second kappa shape index (κ2) is 7.69. The molecule has 1 fully saturated rings. The topological polar surface area (TPSA) is 85.3 Å². The van der Waals surface area contributed by atoms with Gasteiger partial charge in [-0.15, -0.1) is 11.3 Å². The predicted molar refractivity (Wildman–Crippen MR) is 93.1 cm³/mol. The Balaban J connectivity index is 1.68. The van der Waals surface area contributed by atoms with Crippen LogP contribution in [0.15, 0.2) is 18.5 Å². The van der Waals surface area contributed by atoms with E-state index in [1.807, 2.05) is 6.92 Å². The van der Waals surface area contributed by atoms with E-state index < -0.39 is 0 Å². The maximum Gasteiger partial charge on any atom is 0.309 e. The van der Waals surface area contributed by atoms with E-state index in [-0.39, 0.29) is 17.8 Å². The molecule has 7 nitrogen and oxygen atoms in total. The number of piperidine rings is 1. The first kappa shape index (κ1) is 17.5. The minimum Gasteiger partial charge on any atom is -0.466 e. The van der Waals surface area contributed by atoms with Gasteiger partial charge in [0.2, 0.25) is 0 Å². The molecule has 2 aromatic heterocycles. The van der Waals surface area contributed by atoms with Crippen molar-refractivity contribution in [2.24, 2.45) is 5.92 Å². The van der Waals surface area contributed by atoms with Gasteiger partial charge in [-0.2, -0.15) is 0 Å². The van der Waals surface area contributed by atoms with Crippen molar-refractivity contribution < 1.29 is 14.3 Å². The lowest BCUT2D eigenvalue weighted by Crippen LogP contribution is -2.40. The van der Waals surface area contributed by atoms with Crippen LogP contribution in [-0.2, 0) is 9.53 Å². The number of esters is 1. The number of aromatic nitrogens is 3. The van der Waals surface area contributed by atoms with Gasteiger partial charge in [-0.05, 0) is 32.8 Å². The Morgan fingerprint density at radius 3 is 2.60 bits per heavy atom. The molecule has 0 unspecified atom stereocenters. The molecule has 0 radical (unpaired) electrons. The number of amides is 1. The summed E-state index contributed by atoms with van der Waals surface area (Å²) in [6.45, 7) is 5.12. The van der Waals surface area contributed by atoms with Crippen LogP contribution in [0.3, 0.4) is 0 Å². The van der Waals surface area contributed by atoms with E-state index in [1.165, 1.54) is 11.3 Å². The summed E-state index contributed by atoms with van der Waals surface area (Å²) in [5.74, 6) is 0.210. The number of rotatable bonds is 4. The van der Waals surface area contributed by atoms with Gasteiger partial charge in [0.1, 0.15) is 4.88 Å². The zero-order valence-corrected chi connectivity index (χ0v) is 15.1. The Morgan fingerprint density at radius 2 is 1.96 bits per heavy atom. The molecule has 2 aromatic rings. The molecule has 1 amide bonds. The number of thiazole rings is 1. The predicted octanol–water partition coefficient (Wildman–Crippen LogP) is 2.32. The van der Waals surface area contributed by atoms with E-state index >= 15 is 0 Å². The van der Waals surface area contributed by atoms with E-state index in [2.05, 4.69) is 15.0 Å². The highest BCUT2D eigenvalue weighted by Crippen LogP contribution is 2.28. The maximum absolute atomic E-state index is 12.8. The van der Waals surface area contributed by atoms with Crippen LogP contribution in [0, 0.1) is 12.8 Å². The second-order valence-corrected chi connectivity index (χ2v) is 6.82. The SMILES string of the molecule is CCOC(=O)C1CCN(C(=O)c2sc(-c3ncccn3)nc2C)CC1. The molecule has 0 aliphatic carbocycles. The molecular weight excluding hydrogens is 340 g/mol. The summed E-state index contributed by atoms with van der Waals surface area (Å²) in [7, 11) is 0. The van der Waals surface area contributed by atoms with Crippen molar-refractivity contribution in [1.82, 2.24) is 19.9 Å². The van der Waals surface area contributed by atoms with Crippen molar-refractivity contribution in [3.05, 3.63) is 29.0 Å². The number of carbonyl (C=O) groups is 2. The van der Waals surface area contributed by atoms with Gasteiger partial charge < -0.3 is 9.64 Å². The van der Waals surface area contributed by atoms with Crippen LogP contribution >= 0.6 is 11.3 Å². The van der Waals surface area contributed by atoms with Gasteiger partial charge in [0.15, 0.2) is 10.8 Å². The number of likely N-dealkylation sites (tertiary alicyclic amines) is 1. The van der Waals surface area contributed by atoms with Crippen LogP contribution in [0.1, 0.15) is 35.1 Å². The Labute approximate surface area is 150 Å². The van der Waals surface area contributed by atoms with E-state index in [0.717, 1.165) is 0 Å². The average molecular weight is 360 g/mol. The van der Waals surface area contributed by atoms with Gasteiger partial charge in [-0.3, -0.25) is 9.59 Å². The maximum atomic E-state index is 12.8. The summed E-state index contributed by atoms with van der Waals surface area (Å²) in [5.41, 5.74) is 0.685.